The SMILES string of the molecule is CNC(=O)COc1ccc(S(=O)(=O)N2CCc3ccccc32)cc1C. The molecule has 1 heterocycles. The van der Waals surface area contributed by atoms with Gasteiger partial charge in [-0.2, -0.15) is 0 Å². The Bertz CT molecular complexity index is 909. The zero-order chi connectivity index (χ0) is 18.0. The van der Waals surface area contributed by atoms with Gasteiger partial charge in [0, 0.05) is 13.6 Å². The Balaban J connectivity index is 1.86. The van der Waals surface area contributed by atoms with Crippen LogP contribution in [0.3, 0.4) is 0 Å². The summed E-state index contributed by atoms with van der Waals surface area (Å²) in [5.74, 6) is 0.245. The average Bonchev–Trinajstić information content (AvgIpc) is 3.05. The number of hydrogen-bond acceptors (Lipinski definition) is 4. The zero-order valence-electron chi connectivity index (χ0n) is 14.2. The first-order valence-corrected chi connectivity index (χ1v) is 9.42. The van der Waals surface area contributed by atoms with Gasteiger partial charge in [0.15, 0.2) is 6.61 Å². The Morgan fingerprint density at radius 1 is 1.24 bits per heavy atom. The highest BCUT2D eigenvalue weighted by Crippen LogP contribution is 2.33. The van der Waals surface area contributed by atoms with Crippen molar-refractivity contribution in [3.63, 3.8) is 0 Å². The van der Waals surface area contributed by atoms with E-state index in [4.69, 9.17) is 4.74 Å². The third-order valence-corrected chi connectivity index (χ3v) is 6.03. The molecule has 0 spiro atoms. The standard InChI is InChI=1S/C18H20N2O4S/c1-13-11-15(7-8-17(13)24-12-18(21)19-2)25(22,23)20-10-9-14-5-3-4-6-16(14)20/h3-8,11H,9-10,12H2,1-2H3,(H,19,21). The fraction of sp³-hybridized carbons (Fsp3) is 0.278. The molecule has 1 aliphatic rings. The van der Waals surface area contributed by atoms with Crippen LogP contribution in [0.1, 0.15) is 11.1 Å². The van der Waals surface area contributed by atoms with Gasteiger partial charge in [-0.05, 0) is 48.7 Å². The molecule has 0 bridgehead atoms. The fourth-order valence-electron chi connectivity index (χ4n) is 2.84. The van der Waals surface area contributed by atoms with Gasteiger partial charge >= 0.3 is 0 Å². The summed E-state index contributed by atoms with van der Waals surface area (Å²) in [6, 6.07) is 12.2. The Morgan fingerprint density at radius 3 is 2.72 bits per heavy atom. The van der Waals surface area contributed by atoms with Crippen molar-refractivity contribution in [2.24, 2.45) is 0 Å². The van der Waals surface area contributed by atoms with Gasteiger partial charge in [-0.3, -0.25) is 9.10 Å². The first-order valence-electron chi connectivity index (χ1n) is 7.98. The van der Waals surface area contributed by atoms with Crippen molar-refractivity contribution in [1.29, 1.82) is 0 Å². The smallest absolute Gasteiger partial charge is 0.264 e. The number of nitrogens with zero attached hydrogens (tertiary/aromatic N) is 1. The molecule has 132 valence electrons. The highest BCUT2D eigenvalue weighted by Gasteiger charge is 2.30. The molecule has 0 radical (unpaired) electrons. The predicted molar refractivity (Wildman–Crippen MR) is 95.4 cm³/mol. The van der Waals surface area contributed by atoms with Gasteiger partial charge in [-0.25, -0.2) is 8.42 Å². The molecule has 0 unspecified atom stereocenters. The number of ether oxygens (including phenoxy) is 1. The lowest BCUT2D eigenvalue weighted by atomic mass is 10.2. The van der Waals surface area contributed by atoms with Crippen LogP contribution in [0.15, 0.2) is 47.4 Å². The third kappa shape index (κ3) is 3.32. The second-order valence-corrected chi connectivity index (χ2v) is 7.71. The molecule has 2 aromatic rings. The maximum absolute atomic E-state index is 13.0. The van der Waals surface area contributed by atoms with Crippen molar-refractivity contribution in [2.75, 3.05) is 24.5 Å². The van der Waals surface area contributed by atoms with E-state index in [2.05, 4.69) is 5.32 Å². The summed E-state index contributed by atoms with van der Waals surface area (Å²) in [5.41, 5.74) is 2.44. The number of amides is 1. The van der Waals surface area contributed by atoms with Gasteiger partial charge in [-0.15, -0.1) is 0 Å². The number of anilines is 1. The lowest BCUT2D eigenvalue weighted by Crippen LogP contribution is -2.29. The summed E-state index contributed by atoms with van der Waals surface area (Å²) < 4.78 is 32.9. The molecule has 0 atom stereocenters. The summed E-state index contributed by atoms with van der Waals surface area (Å²) in [6.07, 6.45) is 0.710. The fourth-order valence-corrected chi connectivity index (χ4v) is 4.43. The summed E-state index contributed by atoms with van der Waals surface area (Å²) in [7, 11) is -2.10. The maximum Gasteiger partial charge on any atom is 0.264 e. The molecular formula is C18H20N2O4S. The normalized spacial score (nSPS) is 13.4. The number of likely N-dealkylation sites (N-methyl/N-ethyl adjacent to an activating group) is 1. The summed E-state index contributed by atoms with van der Waals surface area (Å²) >= 11 is 0. The second-order valence-electron chi connectivity index (χ2n) is 5.85. The highest BCUT2D eigenvalue weighted by molar-refractivity contribution is 7.92. The number of para-hydroxylation sites is 1. The van der Waals surface area contributed by atoms with E-state index in [0.29, 0.717) is 24.3 Å². The Labute approximate surface area is 147 Å². The Hall–Kier alpha value is -2.54. The molecule has 0 saturated heterocycles. The first-order chi connectivity index (χ1) is 11.9. The van der Waals surface area contributed by atoms with Crippen LogP contribution in [0, 0.1) is 6.92 Å². The number of nitrogens with one attached hydrogen (secondary N) is 1. The number of carbonyl (C=O) groups is 1. The van der Waals surface area contributed by atoms with E-state index in [9.17, 15) is 13.2 Å². The van der Waals surface area contributed by atoms with Gasteiger partial charge in [0.25, 0.3) is 15.9 Å². The number of benzene rings is 2. The minimum Gasteiger partial charge on any atom is -0.484 e. The number of aryl methyl sites for hydroxylation is 1. The molecule has 3 rings (SSSR count). The van der Waals surface area contributed by atoms with Crippen LogP contribution in [0.2, 0.25) is 0 Å². The number of hydrogen-bond donors (Lipinski definition) is 1. The molecule has 1 aliphatic heterocycles. The predicted octanol–water partition coefficient (Wildman–Crippen LogP) is 1.87. The molecule has 1 amide bonds. The minimum atomic E-state index is -3.63. The number of fused-ring (bicyclic) bond motifs is 1. The van der Waals surface area contributed by atoms with Crippen LogP contribution in [-0.4, -0.2) is 34.5 Å². The average molecular weight is 360 g/mol. The second kappa shape index (κ2) is 6.76. The van der Waals surface area contributed by atoms with Crippen LogP contribution in [0.25, 0.3) is 0 Å². The summed E-state index contributed by atoms with van der Waals surface area (Å²) in [4.78, 5) is 11.5. The van der Waals surface area contributed by atoms with Crippen molar-refractivity contribution in [3.8, 4) is 5.75 Å². The molecule has 0 saturated carbocycles. The van der Waals surface area contributed by atoms with Crippen molar-refractivity contribution >= 4 is 21.6 Å². The molecule has 0 aromatic heterocycles. The lowest BCUT2D eigenvalue weighted by Gasteiger charge is -2.20. The van der Waals surface area contributed by atoms with E-state index in [-0.39, 0.29) is 17.4 Å². The van der Waals surface area contributed by atoms with E-state index in [1.807, 2.05) is 24.3 Å². The molecule has 0 fully saturated rings. The minimum absolute atomic E-state index is 0.108. The summed E-state index contributed by atoms with van der Waals surface area (Å²) in [5, 5.41) is 2.47. The van der Waals surface area contributed by atoms with Crippen molar-refractivity contribution in [2.45, 2.75) is 18.2 Å². The van der Waals surface area contributed by atoms with Gasteiger partial charge < -0.3 is 10.1 Å². The molecule has 0 aliphatic carbocycles. The molecule has 1 N–H and O–H groups in total. The van der Waals surface area contributed by atoms with Gasteiger partial charge in [0.1, 0.15) is 5.75 Å². The van der Waals surface area contributed by atoms with Gasteiger partial charge in [0.2, 0.25) is 0 Å². The van der Waals surface area contributed by atoms with E-state index >= 15 is 0 Å². The lowest BCUT2D eigenvalue weighted by molar-refractivity contribution is -0.122. The largest absolute Gasteiger partial charge is 0.484 e. The van der Waals surface area contributed by atoms with Crippen LogP contribution < -0.4 is 14.4 Å². The maximum atomic E-state index is 13.0. The van der Waals surface area contributed by atoms with E-state index in [1.165, 1.54) is 17.4 Å². The van der Waals surface area contributed by atoms with Crippen molar-refractivity contribution in [3.05, 3.63) is 53.6 Å². The third-order valence-electron chi connectivity index (χ3n) is 4.22. The van der Waals surface area contributed by atoms with Crippen LogP contribution in [-0.2, 0) is 21.2 Å². The van der Waals surface area contributed by atoms with Crippen molar-refractivity contribution in [1.82, 2.24) is 5.32 Å². The molecule has 25 heavy (non-hydrogen) atoms. The quantitative estimate of drug-likeness (QED) is 0.883. The van der Waals surface area contributed by atoms with Gasteiger partial charge in [0.05, 0.1) is 10.6 Å². The molecule has 6 nitrogen and oxygen atoms in total. The highest BCUT2D eigenvalue weighted by atomic mass is 32.2. The zero-order valence-corrected chi connectivity index (χ0v) is 15.0. The molecular weight excluding hydrogens is 340 g/mol. The van der Waals surface area contributed by atoms with Gasteiger partial charge in [-0.1, -0.05) is 18.2 Å². The first kappa shape index (κ1) is 17.3. The number of rotatable bonds is 5. The number of carbonyl (C=O) groups excluding carboxylic acids is 1. The van der Waals surface area contributed by atoms with Crippen LogP contribution in [0.5, 0.6) is 5.75 Å². The topological polar surface area (TPSA) is 75.7 Å². The monoisotopic (exact) mass is 360 g/mol. The summed E-state index contributed by atoms with van der Waals surface area (Å²) in [6.45, 7) is 2.09. The Kier molecular flexibility index (Phi) is 4.67. The number of sulfonamides is 1. The van der Waals surface area contributed by atoms with E-state index < -0.39 is 10.0 Å². The Morgan fingerprint density at radius 2 is 2.00 bits per heavy atom. The molecule has 2 aromatic carbocycles. The van der Waals surface area contributed by atoms with Crippen LogP contribution in [0.4, 0.5) is 5.69 Å². The van der Waals surface area contributed by atoms with Crippen molar-refractivity contribution < 1.29 is 17.9 Å². The van der Waals surface area contributed by atoms with E-state index in [0.717, 1.165) is 11.3 Å². The molecule has 7 heteroatoms. The van der Waals surface area contributed by atoms with Crippen LogP contribution >= 0.6 is 0 Å². The van der Waals surface area contributed by atoms with E-state index in [1.54, 1.807) is 19.1 Å².